The first-order valence-corrected chi connectivity index (χ1v) is 11.0. The number of benzene rings is 1. The first-order chi connectivity index (χ1) is 12.2. The van der Waals surface area contributed by atoms with E-state index in [0.29, 0.717) is 5.78 Å². The van der Waals surface area contributed by atoms with Crippen molar-refractivity contribution in [3.8, 4) is 0 Å². The molecule has 6 heteroatoms. The third kappa shape index (κ3) is 7.98. The molecule has 0 spiro atoms. The van der Waals surface area contributed by atoms with Crippen molar-refractivity contribution in [3.05, 3.63) is 29.8 Å². The van der Waals surface area contributed by atoms with Crippen molar-refractivity contribution in [2.45, 2.75) is 64.2 Å². The predicted octanol–water partition coefficient (Wildman–Crippen LogP) is 3.67. The minimum atomic E-state index is -4.27. The number of nitrogens with zero attached hydrogens (tertiary/aromatic N) is 1. The van der Waals surface area contributed by atoms with E-state index in [9.17, 15) is 17.8 Å². The number of rotatable bonds is 7. The molecule has 5 nitrogen and oxygen atoms in total. The van der Waals surface area contributed by atoms with E-state index < -0.39 is 10.1 Å². The molecule has 1 aliphatic heterocycles. The fourth-order valence-electron chi connectivity index (χ4n) is 3.21. The number of hydrogen-bond donors (Lipinski definition) is 0. The van der Waals surface area contributed by atoms with Gasteiger partial charge in [-0.2, -0.15) is 0 Å². The number of piperidine rings is 1. The average molecular weight is 384 g/mol. The largest absolute Gasteiger partial charge is 0.744 e. The fraction of sp³-hybridized carbons (Fsp3) is 0.650. The van der Waals surface area contributed by atoms with Crippen molar-refractivity contribution in [1.82, 2.24) is 0 Å². The van der Waals surface area contributed by atoms with Gasteiger partial charge < -0.3 is 9.04 Å². The van der Waals surface area contributed by atoms with E-state index in [1.54, 1.807) is 12.1 Å². The lowest BCUT2D eigenvalue weighted by Gasteiger charge is -2.41. The predicted molar refractivity (Wildman–Crippen MR) is 103 cm³/mol. The summed E-state index contributed by atoms with van der Waals surface area (Å²) in [5.41, 5.74) is 0.928. The molecule has 0 N–H and O–H groups in total. The minimum absolute atomic E-state index is 0.178. The molecule has 1 aromatic carbocycles. The summed E-state index contributed by atoms with van der Waals surface area (Å²) in [7, 11) is -4.27. The van der Waals surface area contributed by atoms with Crippen LogP contribution in [0, 0.1) is 6.92 Å². The number of aryl methyl sites for hydroxylation is 1. The smallest absolute Gasteiger partial charge is 0.144 e. The van der Waals surface area contributed by atoms with Gasteiger partial charge in [-0.25, -0.2) is 8.42 Å². The van der Waals surface area contributed by atoms with Gasteiger partial charge in [0.25, 0.3) is 0 Å². The highest BCUT2D eigenvalue weighted by molar-refractivity contribution is 7.85. The Morgan fingerprint density at radius 2 is 1.42 bits per heavy atom. The van der Waals surface area contributed by atoms with Gasteiger partial charge >= 0.3 is 0 Å². The molecule has 26 heavy (non-hydrogen) atoms. The van der Waals surface area contributed by atoms with Gasteiger partial charge in [-0.15, -0.1) is 0 Å². The van der Waals surface area contributed by atoms with Crippen LogP contribution in [0.15, 0.2) is 29.2 Å². The molecular weight excluding hydrogens is 350 g/mol. The number of quaternary nitrogens is 1. The van der Waals surface area contributed by atoms with E-state index >= 15 is 0 Å². The summed E-state index contributed by atoms with van der Waals surface area (Å²) in [6, 6.07) is 5.78. The first kappa shape index (κ1) is 22.8. The van der Waals surface area contributed by atoms with Crippen LogP contribution in [-0.4, -0.2) is 49.4 Å². The van der Waals surface area contributed by atoms with E-state index in [1.165, 1.54) is 55.4 Å². The van der Waals surface area contributed by atoms with E-state index in [1.807, 2.05) is 6.92 Å². The van der Waals surface area contributed by atoms with E-state index in [0.717, 1.165) is 31.5 Å². The fourth-order valence-corrected chi connectivity index (χ4v) is 3.68. The normalized spacial score (nSPS) is 16.7. The van der Waals surface area contributed by atoms with E-state index in [4.69, 9.17) is 0 Å². The number of Topliss-reactive ketones (excluding diaryl/α,β-unsaturated/α-hetero) is 1. The lowest BCUT2D eigenvalue weighted by molar-refractivity contribution is -0.929. The second kappa shape index (κ2) is 10.8. The molecule has 0 atom stereocenters. The van der Waals surface area contributed by atoms with Crippen molar-refractivity contribution in [1.29, 1.82) is 0 Å². The van der Waals surface area contributed by atoms with Gasteiger partial charge in [0.2, 0.25) is 0 Å². The lowest BCUT2D eigenvalue weighted by atomic mass is 10.0. The highest BCUT2D eigenvalue weighted by Crippen LogP contribution is 2.19. The average Bonchev–Trinajstić information content (AvgIpc) is 2.61. The van der Waals surface area contributed by atoms with Crippen molar-refractivity contribution in [2.24, 2.45) is 0 Å². The second-order valence-electron chi connectivity index (χ2n) is 7.25. The van der Waals surface area contributed by atoms with E-state index in [2.05, 4.69) is 13.8 Å². The standard InChI is InChI=1S/C13H26NO.C7H8O3S/c1-3-5-9-14(10-6-4-2)11-7-13(15)8-12-14;1-6-2-4-7(5-3-6)11(8,9)10/h3-12H2,1-2H3;2-5H,1H3,(H,8,9,10)/q+1;/p-1. The third-order valence-electron chi connectivity index (χ3n) is 5.01. The van der Waals surface area contributed by atoms with Crippen molar-refractivity contribution >= 4 is 15.9 Å². The molecule has 0 radical (unpaired) electrons. The van der Waals surface area contributed by atoms with Gasteiger partial charge in [0.1, 0.15) is 15.9 Å². The Labute approximate surface area is 158 Å². The molecular formula is C20H33NO4S. The van der Waals surface area contributed by atoms with Crippen molar-refractivity contribution in [3.63, 3.8) is 0 Å². The van der Waals surface area contributed by atoms with Gasteiger partial charge in [0.05, 0.1) is 43.9 Å². The number of carbonyl (C=O) groups excluding carboxylic acids is 1. The van der Waals surface area contributed by atoms with Crippen LogP contribution in [0.5, 0.6) is 0 Å². The van der Waals surface area contributed by atoms with Crippen LogP contribution < -0.4 is 0 Å². The molecule has 0 saturated carbocycles. The highest BCUT2D eigenvalue weighted by atomic mass is 32.2. The number of ketones is 1. The number of likely N-dealkylation sites (tertiary alicyclic amines) is 1. The monoisotopic (exact) mass is 383 g/mol. The number of unbranched alkanes of at least 4 members (excludes halogenated alkanes) is 2. The van der Waals surface area contributed by atoms with Crippen LogP contribution in [0.4, 0.5) is 0 Å². The van der Waals surface area contributed by atoms with Crippen LogP contribution in [0.1, 0.15) is 57.9 Å². The zero-order valence-electron chi connectivity index (χ0n) is 16.4. The summed E-state index contributed by atoms with van der Waals surface area (Å²) >= 11 is 0. The summed E-state index contributed by atoms with van der Waals surface area (Å²) in [5, 5.41) is 0. The Morgan fingerprint density at radius 3 is 1.81 bits per heavy atom. The quantitative estimate of drug-likeness (QED) is 0.532. The summed E-state index contributed by atoms with van der Waals surface area (Å²) < 4.78 is 32.4. The SMILES string of the molecule is CCCC[N+]1(CCCC)CCC(=O)CC1.Cc1ccc(S(=O)(=O)[O-])cc1. The van der Waals surface area contributed by atoms with Crippen LogP contribution in [0.2, 0.25) is 0 Å². The molecule has 0 aromatic heterocycles. The zero-order valence-corrected chi connectivity index (χ0v) is 17.2. The summed E-state index contributed by atoms with van der Waals surface area (Å²) in [6.07, 6.45) is 6.84. The maximum atomic E-state index is 11.3. The lowest BCUT2D eigenvalue weighted by Crippen LogP contribution is -2.54. The maximum Gasteiger partial charge on any atom is 0.144 e. The molecule has 1 aromatic rings. The van der Waals surface area contributed by atoms with Gasteiger partial charge in [-0.05, 0) is 31.9 Å². The highest BCUT2D eigenvalue weighted by Gasteiger charge is 2.31. The minimum Gasteiger partial charge on any atom is -0.744 e. The van der Waals surface area contributed by atoms with Gasteiger partial charge in [0.15, 0.2) is 0 Å². The van der Waals surface area contributed by atoms with Gasteiger partial charge in [-0.3, -0.25) is 4.79 Å². The topological polar surface area (TPSA) is 74.3 Å². The summed E-state index contributed by atoms with van der Waals surface area (Å²) in [4.78, 5) is 11.1. The summed E-state index contributed by atoms with van der Waals surface area (Å²) in [5.74, 6) is 0.483. The molecule has 0 amide bonds. The number of hydrogen-bond acceptors (Lipinski definition) is 4. The van der Waals surface area contributed by atoms with Crippen molar-refractivity contribution in [2.75, 3.05) is 26.2 Å². The van der Waals surface area contributed by atoms with Crippen LogP contribution in [0.3, 0.4) is 0 Å². The number of carbonyl (C=O) groups is 1. The van der Waals surface area contributed by atoms with Crippen molar-refractivity contribution < 1.29 is 22.2 Å². The molecule has 0 bridgehead atoms. The first-order valence-electron chi connectivity index (χ1n) is 9.62. The van der Waals surface area contributed by atoms with Crippen LogP contribution in [-0.2, 0) is 14.9 Å². The maximum absolute atomic E-state index is 11.3. The third-order valence-corrected chi connectivity index (χ3v) is 5.86. The Kier molecular flexibility index (Phi) is 9.47. The van der Waals surface area contributed by atoms with Gasteiger partial charge in [-0.1, -0.05) is 44.4 Å². The Balaban J connectivity index is 0.000000273. The van der Waals surface area contributed by atoms with Gasteiger partial charge in [0, 0.05) is 0 Å². The zero-order chi connectivity index (χ0) is 19.6. The second-order valence-corrected chi connectivity index (χ2v) is 8.63. The molecule has 0 unspecified atom stereocenters. The molecule has 1 fully saturated rings. The molecule has 1 heterocycles. The molecule has 1 aliphatic rings. The Hall–Kier alpha value is -1.24. The molecule has 1 saturated heterocycles. The molecule has 2 rings (SSSR count). The Bertz CT molecular complexity index is 633. The van der Waals surface area contributed by atoms with Crippen LogP contribution >= 0.6 is 0 Å². The molecule has 0 aliphatic carbocycles. The summed E-state index contributed by atoms with van der Waals surface area (Å²) in [6.45, 7) is 11.1. The molecule has 148 valence electrons. The Morgan fingerprint density at radius 1 is 0.962 bits per heavy atom. The van der Waals surface area contributed by atoms with Crippen LogP contribution in [0.25, 0.3) is 0 Å². The van der Waals surface area contributed by atoms with E-state index in [-0.39, 0.29) is 4.90 Å².